The third kappa shape index (κ3) is 6.52. The molecule has 1 aromatic heterocycles. The van der Waals surface area contributed by atoms with E-state index in [0.29, 0.717) is 17.7 Å². The third-order valence-electron chi connectivity index (χ3n) is 4.72. The molecule has 1 aliphatic rings. The molecule has 2 heterocycles. The van der Waals surface area contributed by atoms with Gasteiger partial charge in [0.1, 0.15) is 0 Å². The number of hydrogen-bond acceptors (Lipinski definition) is 5. The maximum atomic E-state index is 12.9. The molecule has 31 heavy (non-hydrogen) atoms. The number of carboxylic acids is 1. The highest BCUT2D eigenvalue weighted by Gasteiger charge is 2.38. The molecule has 0 saturated carbocycles. The Morgan fingerprint density at radius 3 is 2.48 bits per heavy atom. The molecule has 0 unspecified atom stereocenters. The molecule has 1 aromatic carbocycles. The molecular weight excluding hydrogens is 415 g/mol. The number of alkyl halides is 3. The first-order chi connectivity index (χ1) is 14.7. The first kappa shape index (κ1) is 23.8. The quantitative estimate of drug-likeness (QED) is 0.792. The summed E-state index contributed by atoms with van der Waals surface area (Å²) in [5.41, 5.74) is 2.17. The fourth-order valence-electron chi connectivity index (χ4n) is 3.24. The van der Waals surface area contributed by atoms with E-state index in [1.165, 1.54) is 0 Å². The van der Waals surface area contributed by atoms with E-state index in [9.17, 15) is 18.0 Å². The zero-order valence-electron chi connectivity index (χ0n) is 16.5. The average molecular weight is 435 g/mol. The maximum Gasteiger partial charge on any atom is 0.490 e. The van der Waals surface area contributed by atoms with Gasteiger partial charge in [-0.05, 0) is 48.7 Å². The van der Waals surface area contributed by atoms with E-state index < -0.39 is 12.1 Å². The van der Waals surface area contributed by atoms with Crippen LogP contribution in [0.5, 0.6) is 0 Å². The van der Waals surface area contributed by atoms with Crippen LogP contribution < -0.4 is 0 Å². The van der Waals surface area contributed by atoms with Crippen molar-refractivity contribution >= 4 is 11.9 Å². The Hall–Kier alpha value is -3.45. The standard InChI is InChI=1S/C19H19N3O2.C2HF3O2/c1-24-18-7-10-22(17(18)12-14-5-8-21-9-6-14)19(23)16-4-2-3-15(11-16)13-20;3-2(4,5)1(6)7/h2-6,8-9,11,17-18H,7,10,12H2,1H3;(H,6,7)/t17-,18+;/m0./s1. The molecule has 7 nitrogen and oxygen atoms in total. The van der Waals surface area contributed by atoms with E-state index in [1.54, 1.807) is 43.8 Å². The number of ether oxygens (including phenoxy) is 1. The molecule has 0 aliphatic carbocycles. The largest absolute Gasteiger partial charge is 0.490 e. The minimum absolute atomic E-state index is 0.0151. The number of methoxy groups -OCH3 is 1. The number of rotatable bonds is 4. The SMILES string of the molecule is CO[C@@H]1CCN(C(=O)c2cccc(C#N)c2)[C@H]1Cc1ccncc1.O=C(O)C(F)(F)F. The molecule has 164 valence electrons. The Morgan fingerprint density at radius 1 is 1.29 bits per heavy atom. The predicted molar refractivity (Wildman–Crippen MR) is 103 cm³/mol. The normalized spacial score (nSPS) is 18.0. The number of hydrogen-bond donors (Lipinski definition) is 1. The zero-order valence-corrected chi connectivity index (χ0v) is 16.5. The molecule has 1 amide bonds. The summed E-state index contributed by atoms with van der Waals surface area (Å²) in [6, 6.07) is 12.8. The van der Waals surface area contributed by atoms with Gasteiger partial charge in [0.25, 0.3) is 5.91 Å². The summed E-state index contributed by atoms with van der Waals surface area (Å²) in [5, 5.41) is 16.2. The summed E-state index contributed by atoms with van der Waals surface area (Å²) in [7, 11) is 1.69. The number of aromatic nitrogens is 1. The fraction of sp³-hybridized carbons (Fsp3) is 0.333. The van der Waals surface area contributed by atoms with Gasteiger partial charge >= 0.3 is 12.1 Å². The molecular formula is C21H20F3N3O4. The van der Waals surface area contributed by atoms with E-state index in [4.69, 9.17) is 19.9 Å². The molecule has 2 atom stereocenters. The molecule has 0 bridgehead atoms. The van der Waals surface area contributed by atoms with Gasteiger partial charge in [-0.1, -0.05) is 6.07 Å². The van der Waals surface area contributed by atoms with Crippen molar-refractivity contribution in [2.24, 2.45) is 0 Å². The first-order valence-electron chi connectivity index (χ1n) is 9.20. The van der Waals surface area contributed by atoms with Gasteiger partial charge in [-0.2, -0.15) is 18.4 Å². The van der Waals surface area contributed by atoms with Crippen LogP contribution in [0.1, 0.15) is 27.9 Å². The van der Waals surface area contributed by atoms with Crippen molar-refractivity contribution in [1.82, 2.24) is 9.88 Å². The highest BCUT2D eigenvalue weighted by molar-refractivity contribution is 5.95. The molecule has 0 spiro atoms. The number of aliphatic carboxylic acids is 1. The Bertz CT molecular complexity index is 945. The van der Waals surface area contributed by atoms with Crippen LogP contribution in [-0.4, -0.2) is 58.8 Å². The second kappa shape index (κ2) is 10.5. The lowest BCUT2D eigenvalue weighted by Gasteiger charge is -2.28. The maximum absolute atomic E-state index is 12.9. The minimum Gasteiger partial charge on any atom is -0.475 e. The van der Waals surface area contributed by atoms with Crippen molar-refractivity contribution in [3.8, 4) is 6.07 Å². The van der Waals surface area contributed by atoms with Crippen molar-refractivity contribution in [3.63, 3.8) is 0 Å². The Kier molecular flexibility index (Phi) is 8.10. The lowest BCUT2D eigenvalue weighted by Crippen LogP contribution is -2.41. The first-order valence-corrected chi connectivity index (χ1v) is 9.20. The van der Waals surface area contributed by atoms with Gasteiger partial charge in [0.05, 0.1) is 23.8 Å². The van der Waals surface area contributed by atoms with Gasteiger partial charge in [-0.3, -0.25) is 9.78 Å². The van der Waals surface area contributed by atoms with Crippen molar-refractivity contribution < 1.29 is 32.6 Å². The van der Waals surface area contributed by atoms with E-state index in [1.807, 2.05) is 17.0 Å². The highest BCUT2D eigenvalue weighted by atomic mass is 19.4. The number of carboxylic acid groups (broad SMARTS) is 1. The van der Waals surface area contributed by atoms with Crippen LogP contribution in [0.2, 0.25) is 0 Å². The molecule has 10 heteroatoms. The van der Waals surface area contributed by atoms with Crippen LogP contribution in [0.3, 0.4) is 0 Å². The van der Waals surface area contributed by atoms with E-state index in [-0.39, 0.29) is 18.1 Å². The molecule has 1 N–H and O–H groups in total. The lowest BCUT2D eigenvalue weighted by atomic mass is 10.0. The molecule has 3 rings (SSSR count). The summed E-state index contributed by atoms with van der Waals surface area (Å²) in [6.45, 7) is 0.657. The number of pyridine rings is 1. The third-order valence-corrected chi connectivity index (χ3v) is 4.72. The number of carbonyl (C=O) groups excluding carboxylic acids is 1. The smallest absolute Gasteiger partial charge is 0.475 e. The monoisotopic (exact) mass is 435 g/mol. The minimum atomic E-state index is -5.08. The number of halogens is 3. The number of amides is 1. The van der Waals surface area contributed by atoms with Crippen LogP contribution >= 0.6 is 0 Å². The molecule has 0 radical (unpaired) electrons. The summed E-state index contributed by atoms with van der Waals surface area (Å²) < 4.78 is 37.3. The second-order valence-electron chi connectivity index (χ2n) is 6.68. The number of nitrogens with zero attached hydrogens (tertiary/aromatic N) is 3. The van der Waals surface area contributed by atoms with E-state index >= 15 is 0 Å². The molecule has 1 aliphatic heterocycles. The number of benzene rings is 1. The Balaban J connectivity index is 0.000000423. The number of likely N-dealkylation sites (tertiary alicyclic amines) is 1. The summed E-state index contributed by atoms with van der Waals surface area (Å²) >= 11 is 0. The van der Waals surface area contributed by atoms with Crippen molar-refractivity contribution in [1.29, 1.82) is 5.26 Å². The average Bonchev–Trinajstić information content (AvgIpc) is 3.16. The summed E-state index contributed by atoms with van der Waals surface area (Å²) in [5.74, 6) is -2.81. The summed E-state index contributed by atoms with van der Waals surface area (Å²) in [4.78, 5) is 27.7. The van der Waals surface area contributed by atoms with Gasteiger partial charge in [-0.25, -0.2) is 4.79 Å². The molecule has 1 fully saturated rings. The highest BCUT2D eigenvalue weighted by Crippen LogP contribution is 2.26. The van der Waals surface area contributed by atoms with Gasteiger partial charge in [0.2, 0.25) is 0 Å². The zero-order chi connectivity index (χ0) is 23.0. The predicted octanol–water partition coefficient (Wildman–Crippen LogP) is 3.06. The van der Waals surface area contributed by atoms with Crippen LogP contribution in [-0.2, 0) is 16.0 Å². The molecule has 1 saturated heterocycles. The fourth-order valence-corrected chi connectivity index (χ4v) is 3.24. The topological polar surface area (TPSA) is 104 Å². The van der Waals surface area contributed by atoms with E-state index in [0.717, 1.165) is 18.4 Å². The van der Waals surface area contributed by atoms with Crippen LogP contribution in [0, 0.1) is 11.3 Å². The van der Waals surface area contributed by atoms with Crippen LogP contribution in [0.25, 0.3) is 0 Å². The molecule has 2 aromatic rings. The second-order valence-corrected chi connectivity index (χ2v) is 6.68. The Morgan fingerprint density at radius 2 is 1.94 bits per heavy atom. The Labute approximate surface area is 176 Å². The van der Waals surface area contributed by atoms with Crippen LogP contribution in [0.4, 0.5) is 13.2 Å². The lowest BCUT2D eigenvalue weighted by molar-refractivity contribution is -0.192. The van der Waals surface area contributed by atoms with Gasteiger partial charge in [-0.15, -0.1) is 0 Å². The van der Waals surface area contributed by atoms with Gasteiger partial charge in [0, 0.05) is 31.6 Å². The summed E-state index contributed by atoms with van der Waals surface area (Å²) in [6.07, 6.45) is -0.00882. The van der Waals surface area contributed by atoms with Crippen molar-refractivity contribution in [3.05, 3.63) is 65.5 Å². The number of carbonyl (C=O) groups is 2. The van der Waals surface area contributed by atoms with Crippen molar-refractivity contribution in [2.45, 2.75) is 31.2 Å². The van der Waals surface area contributed by atoms with Gasteiger partial charge in [0.15, 0.2) is 0 Å². The van der Waals surface area contributed by atoms with E-state index in [2.05, 4.69) is 11.1 Å². The number of nitriles is 1. The van der Waals surface area contributed by atoms with Crippen molar-refractivity contribution in [2.75, 3.05) is 13.7 Å². The van der Waals surface area contributed by atoms with Gasteiger partial charge < -0.3 is 14.7 Å². The van der Waals surface area contributed by atoms with Crippen LogP contribution in [0.15, 0.2) is 48.8 Å².